The van der Waals surface area contributed by atoms with Gasteiger partial charge in [-0.1, -0.05) is 33.3 Å². The Labute approximate surface area is 405 Å². The van der Waals surface area contributed by atoms with Gasteiger partial charge in [-0.25, -0.2) is 0 Å². The molecule has 8 aliphatic rings. The lowest BCUT2D eigenvalue weighted by Gasteiger charge is -2.71. The number of aliphatic hydroxyl groups is 12. The Morgan fingerprint density at radius 2 is 1.27 bits per heavy atom. The first kappa shape index (κ1) is 53.9. The standard InChI is InChI=1S/C48H74O22/c1-43(41(62)64-6)9-11-48(42(63)70-40-35(61)32(58)29(55)25(17-50)67-40)12-10-46(4)20(21(48)14-43)13-22(52)36-44(2)15-23(53)37(45(3,19-51)27(44)7-8-47(36,46)5)69-38-33(59)30(56)26(18-65-38)68-39-34(60)31(57)28(54)24(16-49)66-39/h13,21,23-40,49-51,53-61H,7-12,14-19H2,1-6H3/t21-,23-,24+,25+,26+,27+,28+,29+,30-,31-,32-,33+,34+,35+,36+,37-,38-,39?,40-,43-,44-,45-,46+,47+,48-/m0/s1. The fourth-order valence-electron chi connectivity index (χ4n) is 15.0. The van der Waals surface area contributed by atoms with Crippen molar-refractivity contribution in [1.29, 1.82) is 0 Å². The molecule has 3 heterocycles. The lowest BCUT2D eigenvalue weighted by atomic mass is 9.33. The van der Waals surface area contributed by atoms with Crippen LogP contribution in [0.1, 0.15) is 86.0 Å². The number of carbonyl (C=O) groups is 3. The highest BCUT2D eigenvalue weighted by molar-refractivity contribution is 5.96. The van der Waals surface area contributed by atoms with E-state index in [1.807, 2.05) is 13.8 Å². The first-order valence-corrected chi connectivity index (χ1v) is 24.5. The lowest BCUT2D eigenvalue weighted by Crippen LogP contribution is -2.71. The molecule has 0 bridgehead atoms. The number of hydrogen-bond acceptors (Lipinski definition) is 22. The number of carbonyl (C=O) groups excluding carboxylic acids is 3. The van der Waals surface area contributed by atoms with Crippen LogP contribution >= 0.6 is 0 Å². The van der Waals surface area contributed by atoms with E-state index in [4.69, 9.17) is 33.2 Å². The van der Waals surface area contributed by atoms with Crippen LogP contribution in [0.5, 0.6) is 0 Å². The largest absolute Gasteiger partial charge is 0.469 e. The van der Waals surface area contributed by atoms with Crippen molar-refractivity contribution < 1.29 is 109 Å². The van der Waals surface area contributed by atoms with E-state index in [9.17, 15) is 70.9 Å². The van der Waals surface area contributed by atoms with E-state index in [0.717, 1.165) is 0 Å². The molecule has 0 spiro atoms. The number of methoxy groups -OCH3 is 1. The normalized spacial score (nSPS) is 53.6. The van der Waals surface area contributed by atoms with Crippen LogP contribution in [0.25, 0.3) is 0 Å². The van der Waals surface area contributed by atoms with E-state index in [2.05, 4.69) is 6.92 Å². The Morgan fingerprint density at radius 3 is 1.87 bits per heavy atom. The molecule has 25 atom stereocenters. The molecule has 22 nitrogen and oxygen atoms in total. The summed E-state index contributed by atoms with van der Waals surface area (Å²) in [6.07, 6.45) is -22.0. The van der Waals surface area contributed by atoms with Crippen molar-refractivity contribution in [3.05, 3.63) is 11.6 Å². The SMILES string of the molecule is COC(=O)[C@@]1(C)CC[C@]2(C(=O)O[C@@H]3O[C@H](CO)[C@@H](O)[C@H](O)[C@H]3O)CC[C@]3(C)C(=CC(=O)[C@@H]4[C@@]5(C)C[C@H](O)[C@H](O[C@@H]6OC[C@@H](OC7O[C@H](CO)[C@@H](O)[C@H](O)[C@H]7O)[C@H](O)[C@H]6O)[C@@](C)(CO)[C@@H]5CC[C@]43C)[C@@H]2C1. The number of fused-ring (bicyclic) bond motifs is 7. The lowest BCUT2D eigenvalue weighted by molar-refractivity contribution is -0.357. The zero-order valence-corrected chi connectivity index (χ0v) is 40.5. The van der Waals surface area contributed by atoms with E-state index in [0.29, 0.717) is 24.8 Å². The van der Waals surface area contributed by atoms with Crippen molar-refractivity contribution in [3.8, 4) is 0 Å². The third-order valence-electron chi connectivity index (χ3n) is 19.2. The van der Waals surface area contributed by atoms with Crippen LogP contribution in [0.2, 0.25) is 0 Å². The Kier molecular flexibility index (Phi) is 14.7. The molecule has 398 valence electrons. The van der Waals surface area contributed by atoms with Crippen LogP contribution in [-0.4, -0.2) is 211 Å². The Bertz CT molecular complexity index is 2000. The molecule has 22 heteroatoms. The smallest absolute Gasteiger partial charge is 0.315 e. The van der Waals surface area contributed by atoms with E-state index in [1.165, 1.54) is 7.11 Å². The fraction of sp³-hybridized carbons (Fsp3) is 0.896. The molecule has 70 heavy (non-hydrogen) atoms. The number of rotatable bonds is 10. The number of ether oxygens (including phenoxy) is 7. The average molecular weight is 1000 g/mol. The highest BCUT2D eigenvalue weighted by Gasteiger charge is 2.73. The van der Waals surface area contributed by atoms with Crippen molar-refractivity contribution >= 4 is 17.7 Å². The summed E-state index contributed by atoms with van der Waals surface area (Å²) in [4.78, 5) is 43.6. The van der Waals surface area contributed by atoms with Gasteiger partial charge in [-0.15, -0.1) is 0 Å². The summed E-state index contributed by atoms with van der Waals surface area (Å²) < 4.78 is 40.0. The molecule has 0 aromatic rings. The van der Waals surface area contributed by atoms with E-state index < -0.39 is 187 Å². The van der Waals surface area contributed by atoms with Gasteiger partial charge in [-0.05, 0) is 92.4 Å². The first-order chi connectivity index (χ1) is 32.8. The zero-order valence-electron chi connectivity index (χ0n) is 40.5. The van der Waals surface area contributed by atoms with Gasteiger partial charge in [-0.2, -0.15) is 0 Å². The van der Waals surface area contributed by atoms with Gasteiger partial charge in [0.2, 0.25) is 6.29 Å². The maximum absolute atomic E-state index is 15.3. The van der Waals surface area contributed by atoms with Crippen molar-refractivity contribution in [3.63, 3.8) is 0 Å². The van der Waals surface area contributed by atoms with Gasteiger partial charge in [-0.3, -0.25) is 14.4 Å². The Morgan fingerprint density at radius 1 is 0.686 bits per heavy atom. The molecule has 3 aliphatic heterocycles. The van der Waals surface area contributed by atoms with Crippen LogP contribution in [-0.2, 0) is 47.5 Å². The molecular weight excluding hydrogens is 929 g/mol. The number of esters is 2. The summed E-state index contributed by atoms with van der Waals surface area (Å²) in [5, 5.41) is 128. The van der Waals surface area contributed by atoms with Gasteiger partial charge in [0.05, 0.1) is 56.6 Å². The average Bonchev–Trinajstić information content (AvgIpc) is 3.32. The molecule has 4 saturated carbocycles. The first-order valence-electron chi connectivity index (χ1n) is 24.5. The molecule has 7 fully saturated rings. The van der Waals surface area contributed by atoms with Crippen LogP contribution in [0, 0.1) is 50.2 Å². The van der Waals surface area contributed by atoms with Gasteiger partial charge in [0.25, 0.3) is 0 Å². The predicted molar refractivity (Wildman–Crippen MR) is 234 cm³/mol. The number of aliphatic hydroxyl groups excluding tert-OH is 12. The molecule has 12 N–H and O–H groups in total. The van der Waals surface area contributed by atoms with Gasteiger partial charge >= 0.3 is 11.9 Å². The summed E-state index contributed by atoms with van der Waals surface area (Å²) in [6.45, 7) is 7.13. The number of allylic oxidation sites excluding steroid dienone is 2. The molecule has 1 unspecified atom stereocenters. The van der Waals surface area contributed by atoms with Crippen LogP contribution in [0.3, 0.4) is 0 Å². The summed E-state index contributed by atoms with van der Waals surface area (Å²) in [7, 11) is 1.28. The van der Waals surface area contributed by atoms with Gasteiger partial charge in [0, 0.05) is 11.3 Å². The Balaban J connectivity index is 1.06. The maximum atomic E-state index is 15.3. The molecule has 0 aromatic heterocycles. The zero-order chi connectivity index (χ0) is 51.4. The van der Waals surface area contributed by atoms with Crippen LogP contribution in [0.4, 0.5) is 0 Å². The molecule has 3 saturated heterocycles. The quantitative estimate of drug-likeness (QED) is 0.0769. The van der Waals surface area contributed by atoms with Crippen LogP contribution < -0.4 is 0 Å². The fourth-order valence-corrected chi connectivity index (χ4v) is 15.0. The summed E-state index contributed by atoms with van der Waals surface area (Å²) in [5.41, 5.74) is -5.62. The second-order valence-electron chi connectivity index (χ2n) is 22.9. The molecule has 0 amide bonds. The second kappa shape index (κ2) is 19.1. The van der Waals surface area contributed by atoms with Gasteiger partial charge < -0.3 is 94.4 Å². The van der Waals surface area contributed by atoms with Gasteiger partial charge in [0.15, 0.2) is 18.4 Å². The molecule has 0 radical (unpaired) electrons. The number of hydrogen-bond donors (Lipinski definition) is 12. The molecule has 5 aliphatic carbocycles. The summed E-state index contributed by atoms with van der Waals surface area (Å²) >= 11 is 0. The minimum Gasteiger partial charge on any atom is -0.469 e. The Hall–Kier alpha value is -2.33. The van der Waals surface area contributed by atoms with E-state index in [-0.39, 0.29) is 37.9 Å². The van der Waals surface area contributed by atoms with E-state index >= 15 is 4.79 Å². The monoisotopic (exact) mass is 1000 g/mol. The maximum Gasteiger partial charge on any atom is 0.315 e. The minimum absolute atomic E-state index is 0.0105. The molecule has 0 aromatic carbocycles. The van der Waals surface area contributed by atoms with Crippen LogP contribution in [0.15, 0.2) is 11.6 Å². The van der Waals surface area contributed by atoms with Crippen molar-refractivity contribution in [2.45, 2.75) is 184 Å². The topological polar surface area (TPSA) is 359 Å². The third kappa shape index (κ3) is 8.05. The predicted octanol–water partition coefficient (Wildman–Crippen LogP) is -2.95. The minimum atomic E-state index is -1.85. The summed E-state index contributed by atoms with van der Waals surface area (Å²) in [6, 6.07) is 0. The van der Waals surface area contributed by atoms with E-state index in [1.54, 1.807) is 19.9 Å². The third-order valence-corrected chi connectivity index (χ3v) is 19.2. The number of ketones is 1. The van der Waals surface area contributed by atoms with Crippen molar-refractivity contribution in [2.24, 2.45) is 50.2 Å². The summed E-state index contributed by atoms with van der Waals surface area (Å²) in [5.74, 6) is -3.52. The highest BCUT2D eigenvalue weighted by atomic mass is 16.7. The van der Waals surface area contributed by atoms with Crippen molar-refractivity contribution in [2.75, 3.05) is 33.5 Å². The van der Waals surface area contributed by atoms with Gasteiger partial charge in [0.1, 0.15) is 67.1 Å². The van der Waals surface area contributed by atoms with Crippen molar-refractivity contribution in [1.82, 2.24) is 0 Å². The second-order valence-corrected chi connectivity index (χ2v) is 22.9. The molecule has 8 rings (SSSR count). The highest BCUT2D eigenvalue weighted by Crippen LogP contribution is 2.75. The molecular formula is C48H74O22.